The Kier molecular flexibility index (Phi) is 4.69. The number of carbonyl (C=O) groups is 1. The lowest BCUT2D eigenvalue weighted by Crippen LogP contribution is -2.22. The molecule has 7 heteroatoms. The van der Waals surface area contributed by atoms with Crippen LogP contribution in [0.3, 0.4) is 0 Å². The van der Waals surface area contributed by atoms with Crippen molar-refractivity contribution in [1.29, 1.82) is 0 Å². The summed E-state index contributed by atoms with van der Waals surface area (Å²) in [4.78, 5) is 12.2. The third-order valence-electron chi connectivity index (χ3n) is 3.86. The zero-order valence-electron chi connectivity index (χ0n) is 13.8. The van der Waals surface area contributed by atoms with Crippen molar-refractivity contribution in [2.24, 2.45) is 0 Å². The second-order valence-electron chi connectivity index (χ2n) is 5.63. The summed E-state index contributed by atoms with van der Waals surface area (Å²) in [7, 11) is 0. The second-order valence-corrected chi connectivity index (χ2v) is 5.63. The van der Waals surface area contributed by atoms with Crippen molar-refractivity contribution in [3.8, 4) is 11.3 Å². The van der Waals surface area contributed by atoms with Gasteiger partial charge in [-0.3, -0.25) is 4.79 Å². The molecule has 0 aliphatic rings. The van der Waals surface area contributed by atoms with Crippen LogP contribution in [0.15, 0.2) is 48.8 Å². The van der Waals surface area contributed by atoms with Crippen molar-refractivity contribution < 1.29 is 4.79 Å². The van der Waals surface area contributed by atoms with E-state index in [0.29, 0.717) is 5.82 Å². The summed E-state index contributed by atoms with van der Waals surface area (Å²) in [5.41, 5.74) is 1.71. The van der Waals surface area contributed by atoms with Gasteiger partial charge in [0, 0.05) is 11.6 Å². The maximum atomic E-state index is 12.2. The Morgan fingerprint density at radius 1 is 1.25 bits per heavy atom. The molecule has 0 aliphatic carbocycles. The summed E-state index contributed by atoms with van der Waals surface area (Å²) >= 11 is 0. The van der Waals surface area contributed by atoms with Gasteiger partial charge in [0.1, 0.15) is 18.1 Å². The van der Waals surface area contributed by atoms with E-state index in [9.17, 15) is 4.79 Å². The molecule has 1 atom stereocenters. The van der Waals surface area contributed by atoms with Gasteiger partial charge >= 0.3 is 0 Å². The number of nitrogens with zero attached hydrogens (tertiary/aromatic N) is 5. The highest BCUT2D eigenvalue weighted by Gasteiger charge is 2.12. The molecule has 2 aromatic heterocycles. The van der Waals surface area contributed by atoms with Crippen molar-refractivity contribution in [2.45, 2.75) is 32.9 Å². The standard InChI is InChI=1S/C17H20N6O/c1-3-13(2)23-16(9-10-18-23)19-17(24)12-22-11-15(20-21-22)14-7-5-4-6-8-14/h4-11,13H,3,12H2,1-2H3,(H,19,24). The van der Waals surface area contributed by atoms with E-state index in [4.69, 9.17) is 0 Å². The Labute approximate surface area is 140 Å². The SMILES string of the molecule is CCC(C)n1nccc1NC(=O)Cn1cc(-c2ccccc2)nn1. The topological polar surface area (TPSA) is 77.6 Å². The molecule has 3 aromatic rings. The fourth-order valence-corrected chi connectivity index (χ4v) is 2.38. The molecule has 1 N–H and O–H groups in total. The van der Waals surface area contributed by atoms with Crippen molar-refractivity contribution in [2.75, 3.05) is 5.32 Å². The summed E-state index contributed by atoms with van der Waals surface area (Å²) < 4.78 is 3.34. The molecular formula is C17H20N6O. The van der Waals surface area contributed by atoms with E-state index >= 15 is 0 Å². The number of carbonyl (C=O) groups excluding carboxylic acids is 1. The van der Waals surface area contributed by atoms with Crippen LogP contribution in [0.25, 0.3) is 11.3 Å². The van der Waals surface area contributed by atoms with Gasteiger partial charge in [0.15, 0.2) is 0 Å². The average molecular weight is 324 g/mol. The van der Waals surface area contributed by atoms with Crippen LogP contribution in [-0.2, 0) is 11.3 Å². The predicted molar refractivity (Wildman–Crippen MR) is 91.3 cm³/mol. The summed E-state index contributed by atoms with van der Waals surface area (Å²) in [5, 5.41) is 15.3. The molecule has 0 saturated heterocycles. The molecule has 0 fully saturated rings. The van der Waals surface area contributed by atoms with Gasteiger partial charge < -0.3 is 5.32 Å². The number of hydrogen-bond donors (Lipinski definition) is 1. The maximum absolute atomic E-state index is 12.2. The van der Waals surface area contributed by atoms with E-state index < -0.39 is 0 Å². The number of rotatable bonds is 6. The van der Waals surface area contributed by atoms with Crippen LogP contribution in [0, 0.1) is 0 Å². The van der Waals surface area contributed by atoms with E-state index in [2.05, 4.69) is 34.6 Å². The summed E-state index contributed by atoms with van der Waals surface area (Å²) in [6, 6.07) is 11.8. The van der Waals surface area contributed by atoms with E-state index in [1.165, 1.54) is 4.68 Å². The number of nitrogens with one attached hydrogen (secondary N) is 1. The Morgan fingerprint density at radius 3 is 2.79 bits per heavy atom. The quantitative estimate of drug-likeness (QED) is 0.756. The number of benzene rings is 1. The molecular weight excluding hydrogens is 304 g/mol. The summed E-state index contributed by atoms with van der Waals surface area (Å²) in [5.74, 6) is 0.530. The fourth-order valence-electron chi connectivity index (χ4n) is 2.38. The lowest BCUT2D eigenvalue weighted by atomic mass is 10.2. The molecule has 1 aromatic carbocycles. The van der Waals surface area contributed by atoms with Crippen LogP contribution in [0.5, 0.6) is 0 Å². The molecule has 0 saturated carbocycles. The van der Waals surface area contributed by atoms with E-state index in [1.54, 1.807) is 18.5 Å². The zero-order valence-corrected chi connectivity index (χ0v) is 13.8. The molecule has 7 nitrogen and oxygen atoms in total. The van der Waals surface area contributed by atoms with Gasteiger partial charge in [0.25, 0.3) is 0 Å². The van der Waals surface area contributed by atoms with Gasteiger partial charge in [-0.05, 0) is 13.3 Å². The van der Waals surface area contributed by atoms with Gasteiger partial charge in [-0.15, -0.1) is 5.10 Å². The Bertz CT molecular complexity index is 807. The molecule has 0 radical (unpaired) electrons. The average Bonchev–Trinajstić information content (AvgIpc) is 3.24. The molecule has 3 rings (SSSR count). The zero-order chi connectivity index (χ0) is 16.9. The summed E-state index contributed by atoms with van der Waals surface area (Å²) in [6.45, 7) is 4.25. The molecule has 2 heterocycles. The van der Waals surface area contributed by atoms with Crippen LogP contribution in [-0.4, -0.2) is 30.7 Å². The summed E-state index contributed by atoms with van der Waals surface area (Å²) in [6.07, 6.45) is 4.39. The third kappa shape index (κ3) is 3.51. The predicted octanol–water partition coefficient (Wildman–Crippen LogP) is 2.75. The van der Waals surface area contributed by atoms with Crippen LogP contribution in [0.2, 0.25) is 0 Å². The number of aromatic nitrogens is 5. The monoisotopic (exact) mass is 324 g/mol. The Morgan fingerprint density at radius 2 is 2.04 bits per heavy atom. The normalized spacial score (nSPS) is 12.1. The molecule has 124 valence electrons. The number of amides is 1. The van der Waals surface area contributed by atoms with Gasteiger partial charge in [0.2, 0.25) is 5.91 Å². The first kappa shape index (κ1) is 15.9. The lowest BCUT2D eigenvalue weighted by molar-refractivity contribution is -0.117. The smallest absolute Gasteiger partial charge is 0.247 e. The van der Waals surface area contributed by atoms with Gasteiger partial charge in [-0.1, -0.05) is 42.5 Å². The van der Waals surface area contributed by atoms with Crippen LogP contribution in [0.1, 0.15) is 26.3 Å². The van der Waals surface area contributed by atoms with E-state index in [1.807, 2.05) is 35.0 Å². The fraction of sp³-hybridized carbons (Fsp3) is 0.294. The van der Waals surface area contributed by atoms with Crippen molar-refractivity contribution in [3.05, 3.63) is 48.8 Å². The minimum atomic E-state index is -0.162. The number of hydrogen-bond acceptors (Lipinski definition) is 4. The third-order valence-corrected chi connectivity index (χ3v) is 3.86. The highest BCUT2D eigenvalue weighted by molar-refractivity contribution is 5.89. The van der Waals surface area contributed by atoms with Crippen molar-refractivity contribution in [1.82, 2.24) is 24.8 Å². The molecule has 0 aliphatic heterocycles. The minimum Gasteiger partial charge on any atom is -0.309 e. The Balaban J connectivity index is 1.66. The first-order chi connectivity index (χ1) is 11.7. The van der Waals surface area contributed by atoms with Crippen LogP contribution < -0.4 is 5.32 Å². The number of anilines is 1. The second kappa shape index (κ2) is 7.08. The first-order valence-corrected chi connectivity index (χ1v) is 7.96. The van der Waals surface area contributed by atoms with Gasteiger partial charge in [0.05, 0.1) is 18.4 Å². The van der Waals surface area contributed by atoms with Crippen molar-refractivity contribution in [3.63, 3.8) is 0 Å². The Hall–Kier alpha value is -2.96. The highest BCUT2D eigenvalue weighted by atomic mass is 16.2. The first-order valence-electron chi connectivity index (χ1n) is 7.96. The largest absolute Gasteiger partial charge is 0.309 e. The van der Waals surface area contributed by atoms with Crippen molar-refractivity contribution >= 4 is 11.7 Å². The molecule has 1 unspecified atom stereocenters. The molecule has 1 amide bonds. The minimum absolute atomic E-state index is 0.103. The molecule has 0 spiro atoms. The van der Waals surface area contributed by atoms with E-state index in [-0.39, 0.29) is 18.5 Å². The van der Waals surface area contributed by atoms with Crippen LogP contribution in [0.4, 0.5) is 5.82 Å². The maximum Gasteiger partial charge on any atom is 0.247 e. The van der Waals surface area contributed by atoms with Gasteiger partial charge in [-0.25, -0.2) is 9.36 Å². The highest BCUT2D eigenvalue weighted by Crippen LogP contribution is 2.17. The van der Waals surface area contributed by atoms with Gasteiger partial charge in [-0.2, -0.15) is 5.10 Å². The lowest BCUT2D eigenvalue weighted by Gasteiger charge is -2.14. The molecule has 24 heavy (non-hydrogen) atoms. The van der Waals surface area contributed by atoms with E-state index in [0.717, 1.165) is 17.7 Å². The van der Waals surface area contributed by atoms with Crippen LogP contribution >= 0.6 is 0 Å². The molecule has 0 bridgehead atoms.